The molecule has 7 heteroatoms. The molecular weight excluding hydrogens is 278 g/mol. The van der Waals surface area contributed by atoms with Crippen LogP contribution in [0.1, 0.15) is 12.5 Å². The van der Waals surface area contributed by atoms with Crippen LogP contribution in [0, 0.1) is 11.3 Å². The molecule has 2 N–H and O–H groups in total. The molecular formula is C13H19N3O3S. The zero-order valence-electron chi connectivity index (χ0n) is 11.4. The fourth-order valence-electron chi connectivity index (χ4n) is 1.55. The lowest BCUT2D eigenvalue weighted by Gasteiger charge is -2.07. The summed E-state index contributed by atoms with van der Waals surface area (Å²) in [5.74, 6) is 0.703. The van der Waals surface area contributed by atoms with Crippen LogP contribution in [0.5, 0.6) is 5.75 Å². The van der Waals surface area contributed by atoms with Crippen molar-refractivity contribution in [2.24, 2.45) is 0 Å². The molecule has 110 valence electrons. The first-order valence-corrected chi connectivity index (χ1v) is 7.99. The average molecular weight is 297 g/mol. The quantitative estimate of drug-likeness (QED) is 0.652. The first-order chi connectivity index (χ1) is 9.57. The maximum absolute atomic E-state index is 11.4. The highest BCUT2D eigenvalue weighted by molar-refractivity contribution is 7.89. The Bertz CT molecular complexity index is 535. The van der Waals surface area contributed by atoms with Gasteiger partial charge in [-0.15, -0.1) is 0 Å². The average Bonchev–Trinajstić information content (AvgIpc) is 2.42. The van der Waals surface area contributed by atoms with Crippen LogP contribution in [0.4, 0.5) is 0 Å². The third-order valence-corrected chi connectivity index (χ3v) is 3.94. The number of rotatable bonds is 9. The Morgan fingerprint density at radius 2 is 2.00 bits per heavy atom. The van der Waals surface area contributed by atoms with Crippen LogP contribution in [0.2, 0.25) is 0 Å². The molecule has 0 heterocycles. The maximum Gasteiger partial charge on any atom is 0.212 e. The highest BCUT2D eigenvalue weighted by Gasteiger charge is 2.06. The molecule has 0 aliphatic rings. The summed E-state index contributed by atoms with van der Waals surface area (Å²) in [6.07, 6.45) is 0. The fraction of sp³-hybridized carbons (Fsp3) is 0.462. The van der Waals surface area contributed by atoms with Crippen molar-refractivity contribution >= 4 is 10.0 Å². The van der Waals surface area contributed by atoms with E-state index in [-0.39, 0.29) is 12.4 Å². The second-order valence-corrected chi connectivity index (χ2v) is 6.01. The number of sulfonamides is 1. The van der Waals surface area contributed by atoms with Gasteiger partial charge in [-0.1, -0.05) is 19.1 Å². The van der Waals surface area contributed by atoms with E-state index in [1.165, 1.54) is 0 Å². The van der Waals surface area contributed by atoms with E-state index in [1.54, 1.807) is 19.1 Å². The first kappa shape index (κ1) is 16.4. The van der Waals surface area contributed by atoms with Crippen LogP contribution in [0.25, 0.3) is 0 Å². The topological polar surface area (TPSA) is 91.2 Å². The van der Waals surface area contributed by atoms with Crippen LogP contribution < -0.4 is 14.8 Å². The van der Waals surface area contributed by atoms with Crippen molar-refractivity contribution in [3.63, 3.8) is 0 Å². The molecule has 0 amide bonds. The zero-order chi connectivity index (χ0) is 14.8. The van der Waals surface area contributed by atoms with E-state index in [0.29, 0.717) is 25.4 Å². The van der Waals surface area contributed by atoms with Crippen LogP contribution in [0.15, 0.2) is 24.3 Å². The lowest BCUT2D eigenvalue weighted by Crippen LogP contribution is -2.31. The lowest BCUT2D eigenvalue weighted by molar-refractivity contribution is 0.368. The molecule has 0 aliphatic carbocycles. The number of hydrogen-bond acceptors (Lipinski definition) is 5. The molecule has 0 spiro atoms. The van der Waals surface area contributed by atoms with Gasteiger partial charge in [-0.2, -0.15) is 5.26 Å². The molecule has 1 rings (SSSR count). The maximum atomic E-state index is 11.4. The number of benzene rings is 1. The summed E-state index contributed by atoms with van der Waals surface area (Å²) in [6, 6.07) is 9.21. The Kier molecular flexibility index (Phi) is 7.01. The van der Waals surface area contributed by atoms with Crippen molar-refractivity contribution in [2.75, 3.05) is 25.4 Å². The number of nitrogens with one attached hydrogen (secondary N) is 2. The summed E-state index contributed by atoms with van der Waals surface area (Å²) < 4.78 is 30.4. The van der Waals surface area contributed by atoms with Gasteiger partial charge in [0.1, 0.15) is 11.8 Å². The van der Waals surface area contributed by atoms with E-state index >= 15 is 0 Å². The van der Waals surface area contributed by atoms with Gasteiger partial charge < -0.3 is 10.1 Å². The second-order valence-electron chi connectivity index (χ2n) is 4.08. The molecule has 0 aromatic heterocycles. The third-order valence-electron chi connectivity index (χ3n) is 2.47. The molecule has 0 saturated carbocycles. The predicted molar refractivity (Wildman–Crippen MR) is 76.7 cm³/mol. The molecule has 0 saturated heterocycles. The van der Waals surface area contributed by atoms with Gasteiger partial charge in [-0.05, 0) is 17.7 Å². The van der Waals surface area contributed by atoms with Crippen molar-refractivity contribution in [1.29, 1.82) is 5.26 Å². The van der Waals surface area contributed by atoms with Crippen LogP contribution >= 0.6 is 0 Å². The van der Waals surface area contributed by atoms with Gasteiger partial charge in [-0.25, -0.2) is 13.1 Å². The Morgan fingerprint density at radius 1 is 1.30 bits per heavy atom. The monoisotopic (exact) mass is 297 g/mol. The van der Waals surface area contributed by atoms with Gasteiger partial charge in [-0.3, -0.25) is 0 Å². The summed E-state index contributed by atoms with van der Waals surface area (Å²) in [7, 11) is -3.17. The van der Waals surface area contributed by atoms with Crippen molar-refractivity contribution in [2.45, 2.75) is 13.5 Å². The van der Waals surface area contributed by atoms with Crippen molar-refractivity contribution < 1.29 is 13.2 Å². The minimum atomic E-state index is -3.17. The molecule has 1 aromatic rings. The summed E-state index contributed by atoms with van der Waals surface area (Å²) >= 11 is 0. The van der Waals surface area contributed by atoms with Crippen molar-refractivity contribution in [1.82, 2.24) is 10.0 Å². The Balaban J connectivity index is 2.30. The third kappa shape index (κ3) is 6.52. The van der Waals surface area contributed by atoms with Gasteiger partial charge in [0, 0.05) is 19.6 Å². The second kappa shape index (κ2) is 8.53. The van der Waals surface area contributed by atoms with Gasteiger partial charge in [0.2, 0.25) is 10.0 Å². The number of ether oxygens (including phenoxy) is 1. The molecule has 0 aliphatic heterocycles. The van der Waals surface area contributed by atoms with E-state index in [0.717, 1.165) is 5.56 Å². The van der Waals surface area contributed by atoms with Crippen LogP contribution in [-0.4, -0.2) is 33.9 Å². The normalized spacial score (nSPS) is 11.0. The smallest absolute Gasteiger partial charge is 0.212 e. The summed E-state index contributed by atoms with van der Waals surface area (Å²) in [5.41, 5.74) is 1.02. The molecule has 0 unspecified atom stereocenters. The molecule has 20 heavy (non-hydrogen) atoms. The van der Waals surface area contributed by atoms with E-state index in [9.17, 15) is 8.42 Å². The Labute approximate surface area is 119 Å². The standard InChI is InChI=1S/C13H19N3O3S/c1-2-16-20(17,18)10-8-15-11-12-3-5-13(6-4-12)19-9-7-14/h3-6,15-16H,2,8-11H2,1H3. The van der Waals surface area contributed by atoms with Gasteiger partial charge in [0.25, 0.3) is 0 Å². The number of nitrogens with zero attached hydrogens (tertiary/aromatic N) is 1. The van der Waals surface area contributed by atoms with Crippen LogP contribution in [-0.2, 0) is 16.6 Å². The first-order valence-electron chi connectivity index (χ1n) is 6.34. The highest BCUT2D eigenvalue weighted by atomic mass is 32.2. The van der Waals surface area contributed by atoms with E-state index in [2.05, 4.69) is 10.0 Å². The molecule has 6 nitrogen and oxygen atoms in total. The number of hydrogen-bond donors (Lipinski definition) is 2. The molecule has 0 fully saturated rings. The Hall–Kier alpha value is -1.62. The largest absolute Gasteiger partial charge is 0.479 e. The van der Waals surface area contributed by atoms with Crippen molar-refractivity contribution in [3.05, 3.63) is 29.8 Å². The van der Waals surface area contributed by atoms with E-state index in [4.69, 9.17) is 10.00 Å². The minimum absolute atomic E-state index is 0.0277. The summed E-state index contributed by atoms with van der Waals surface area (Å²) in [6.45, 7) is 3.16. The van der Waals surface area contributed by atoms with E-state index in [1.807, 2.05) is 18.2 Å². The van der Waals surface area contributed by atoms with Crippen molar-refractivity contribution in [3.8, 4) is 11.8 Å². The van der Waals surface area contributed by atoms with Gasteiger partial charge in [0.15, 0.2) is 6.61 Å². The molecule has 0 atom stereocenters. The van der Waals surface area contributed by atoms with Gasteiger partial charge in [0.05, 0.1) is 5.75 Å². The summed E-state index contributed by atoms with van der Waals surface area (Å²) in [5, 5.41) is 11.5. The van der Waals surface area contributed by atoms with Crippen LogP contribution in [0.3, 0.4) is 0 Å². The fourth-order valence-corrected chi connectivity index (χ4v) is 2.55. The van der Waals surface area contributed by atoms with E-state index < -0.39 is 10.0 Å². The molecule has 1 aromatic carbocycles. The highest BCUT2D eigenvalue weighted by Crippen LogP contribution is 2.11. The number of nitriles is 1. The minimum Gasteiger partial charge on any atom is -0.479 e. The predicted octanol–water partition coefficient (Wildman–Crippen LogP) is 0.618. The zero-order valence-corrected chi connectivity index (χ0v) is 12.2. The molecule has 0 radical (unpaired) electrons. The van der Waals surface area contributed by atoms with Gasteiger partial charge >= 0.3 is 0 Å². The Morgan fingerprint density at radius 3 is 2.60 bits per heavy atom. The summed E-state index contributed by atoms with van der Waals surface area (Å²) in [4.78, 5) is 0. The molecule has 0 bridgehead atoms. The SMILES string of the molecule is CCNS(=O)(=O)CCNCc1ccc(OCC#N)cc1. The lowest BCUT2D eigenvalue weighted by atomic mass is 10.2.